The summed E-state index contributed by atoms with van der Waals surface area (Å²) >= 11 is 0. The van der Waals surface area contributed by atoms with Gasteiger partial charge in [-0.25, -0.2) is 14.2 Å². The van der Waals surface area contributed by atoms with E-state index in [9.17, 15) is 18.9 Å². The number of likely N-dealkylation sites (N-methyl/N-ethyl adjacent to an activating group) is 1. The average Bonchev–Trinajstić information content (AvgIpc) is 3.00. The minimum atomic E-state index is -4.07. The average molecular weight is 650 g/mol. The van der Waals surface area contributed by atoms with Crippen molar-refractivity contribution in [1.29, 1.82) is 0 Å². The molecule has 2 saturated carbocycles. The van der Waals surface area contributed by atoms with Gasteiger partial charge in [-0.3, -0.25) is 13.8 Å². The fourth-order valence-electron chi connectivity index (χ4n) is 4.62. The zero-order valence-corrected chi connectivity index (χ0v) is 27.3. The topological polar surface area (TPSA) is 175 Å². The Morgan fingerprint density at radius 2 is 1.18 bits per heavy atom. The number of nitrogens with zero attached hydrogens (tertiary/aromatic N) is 2. The van der Waals surface area contributed by atoms with Crippen LogP contribution in [-0.2, 0) is 42.1 Å². The van der Waals surface area contributed by atoms with Crippen LogP contribution >= 0.6 is 7.75 Å². The first-order chi connectivity index (χ1) is 21.2. The Labute approximate surface area is 261 Å². The molecule has 0 heterocycles. The second kappa shape index (κ2) is 22.0. The Morgan fingerprint density at radius 1 is 0.727 bits per heavy atom. The van der Waals surface area contributed by atoms with Crippen molar-refractivity contribution in [2.75, 3.05) is 46.6 Å². The predicted molar refractivity (Wildman–Crippen MR) is 162 cm³/mol. The third-order valence-corrected chi connectivity index (χ3v) is 8.57. The molecule has 0 atom stereocenters. The molecule has 2 rings (SSSR count). The van der Waals surface area contributed by atoms with Gasteiger partial charge in [-0.05, 0) is 83.5 Å². The molecule has 2 aliphatic rings. The van der Waals surface area contributed by atoms with Crippen molar-refractivity contribution in [3.05, 3.63) is 0 Å². The Hall–Kier alpha value is -2.57. The normalized spacial score (nSPS) is 16.6. The molecule has 0 aromatic heterocycles. The summed E-state index contributed by atoms with van der Waals surface area (Å²) in [4.78, 5) is 37.0. The Balaban J connectivity index is 1.76. The molecular weight excluding hydrogens is 597 g/mol. The van der Waals surface area contributed by atoms with Gasteiger partial charge >= 0.3 is 26.0 Å². The lowest BCUT2D eigenvalue weighted by molar-refractivity contribution is -0.143. The maximum Gasteiger partial charge on any atom is 0.508 e. The van der Waals surface area contributed by atoms with E-state index in [1.165, 1.54) is 11.9 Å². The highest BCUT2D eigenvalue weighted by molar-refractivity contribution is 7.52. The van der Waals surface area contributed by atoms with Crippen molar-refractivity contribution >= 4 is 32.0 Å². The molecule has 0 spiro atoms. The van der Waals surface area contributed by atoms with E-state index >= 15 is 0 Å². The van der Waals surface area contributed by atoms with Gasteiger partial charge in [0.25, 0.3) is 0 Å². The fraction of sp³-hybridized carbons (Fsp3) is 0.862. The van der Waals surface area contributed by atoms with E-state index in [0.717, 1.165) is 64.2 Å². The van der Waals surface area contributed by atoms with E-state index in [0.29, 0.717) is 32.1 Å². The van der Waals surface area contributed by atoms with Crippen LogP contribution in [0.5, 0.6) is 0 Å². The third kappa shape index (κ3) is 17.1. The molecule has 0 bridgehead atoms. The minimum Gasteiger partial charge on any atom is -0.464 e. The van der Waals surface area contributed by atoms with Crippen LogP contribution in [0.25, 0.3) is 0 Å². The number of unbranched alkanes of at least 4 members (excludes halogenated alkanes) is 2. The van der Waals surface area contributed by atoms with E-state index < -0.39 is 26.0 Å². The van der Waals surface area contributed by atoms with Crippen molar-refractivity contribution in [2.45, 2.75) is 115 Å². The predicted octanol–water partition coefficient (Wildman–Crippen LogP) is 5.86. The van der Waals surface area contributed by atoms with Crippen LogP contribution in [0.3, 0.4) is 0 Å². The molecule has 2 N–H and O–H groups in total. The molecular formula is C29H52N3O11P. The highest BCUT2D eigenvalue weighted by atomic mass is 31.2. The Bertz CT molecular complexity index is 876. The molecule has 0 aliphatic heterocycles. The summed E-state index contributed by atoms with van der Waals surface area (Å²) < 4.78 is 54.5. The number of carbonyl (C=O) groups excluding carboxylic acids is 3. The van der Waals surface area contributed by atoms with Gasteiger partial charge in [0.2, 0.25) is 5.96 Å². The zero-order valence-electron chi connectivity index (χ0n) is 26.4. The first-order valence-corrected chi connectivity index (χ1v) is 17.5. The van der Waals surface area contributed by atoms with E-state index in [1.807, 2.05) is 6.92 Å². The summed E-state index contributed by atoms with van der Waals surface area (Å²) in [6.45, 7) is 2.19. The van der Waals surface area contributed by atoms with Crippen LogP contribution in [0.2, 0.25) is 0 Å². The summed E-state index contributed by atoms with van der Waals surface area (Å²) in [6, 6.07) is 0. The number of hydrogen-bond donors (Lipinski definition) is 1. The van der Waals surface area contributed by atoms with Crippen LogP contribution in [-0.4, -0.2) is 88.0 Å². The maximum absolute atomic E-state index is 13.4. The van der Waals surface area contributed by atoms with E-state index in [4.69, 9.17) is 38.5 Å². The molecule has 0 amide bonds. The number of nitrogens with two attached hydrogens (primary N) is 1. The first kappa shape index (κ1) is 37.6. The van der Waals surface area contributed by atoms with Crippen molar-refractivity contribution in [1.82, 2.24) is 4.90 Å². The lowest BCUT2D eigenvalue weighted by atomic mass is 9.98. The highest BCUT2D eigenvalue weighted by Crippen LogP contribution is 2.50. The molecule has 2 fully saturated rings. The monoisotopic (exact) mass is 649 g/mol. The smallest absolute Gasteiger partial charge is 0.464 e. The third-order valence-electron chi connectivity index (χ3n) is 7.11. The molecule has 254 valence electrons. The van der Waals surface area contributed by atoms with Gasteiger partial charge < -0.3 is 34.3 Å². The van der Waals surface area contributed by atoms with Gasteiger partial charge in [-0.1, -0.05) is 19.8 Å². The van der Waals surface area contributed by atoms with Gasteiger partial charge in [-0.2, -0.15) is 0 Å². The van der Waals surface area contributed by atoms with Gasteiger partial charge in [0.05, 0.1) is 33.0 Å². The summed E-state index contributed by atoms with van der Waals surface area (Å²) in [7, 11) is -2.57. The van der Waals surface area contributed by atoms with Crippen molar-refractivity contribution in [3.63, 3.8) is 0 Å². The standard InChI is InChI=1S/C29H52N3O11P/c1-3-18-37-26(33)23-32(2)27(30)31-44(36,40-21-12-10-19-38-28(34)42-24-14-6-4-7-15-24)41-22-13-11-20-39-29(35)43-25-16-8-5-9-17-25/h24-25H,3-23H2,1-2H3,(H2,30,31,36). The zero-order chi connectivity index (χ0) is 32.0. The summed E-state index contributed by atoms with van der Waals surface area (Å²) in [5.41, 5.74) is 6.00. The first-order valence-electron chi connectivity index (χ1n) is 16.0. The largest absolute Gasteiger partial charge is 0.508 e. The lowest BCUT2D eigenvalue weighted by Crippen LogP contribution is -2.38. The number of guanidine groups is 1. The maximum atomic E-state index is 13.4. The quantitative estimate of drug-likeness (QED) is 0.0440. The second-order valence-corrected chi connectivity index (χ2v) is 12.7. The SMILES string of the molecule is CCCOC(=O)CN(C)/C(N)=N/P(=O)(OCCCCOC(=O)OC1CCCCC1)OCCCCOC(=O)OC1CCCCC1. The second-order valence-electron chi connectivity index (χ2n) is 11.0. The molecule has 2 aliphatic carbocycles. The van der Waals surface area contributed by atoms with Gasteiger partial charge in [-0.15, -0.1) is 4.76 Å². The molecule has 0 saturated heterocycles. The molecule has 0 aromatic carbocycles. The van der Waals surface area contributed by atoms with Crippen LogP contribution in [0.1, 0.15) is 103 Å². The van der Waals surface area contributed by atoms with Crippen molar-refractivity contribution < 1.29 is 51.7 Å². The number of esters is 1. The molecule has 44 heavy (non-hydrogen) atoms. The van der Waals surface area contributed by atoms with E-state index in [1.54, 1.807) is 0 Å². The number of hydrogen-bond acceptors (Lipinski definition) is 11. The summed E-state index contributed by atoms with van der Waals surface area (Å²) in [5.74, 6) is -0.724. The van der Waals surface area contributed by atoms with E-state index in [-0.39, 0.29) is 57.7 Å². The Kier molecular flexibility index (Phi) is 18.8. The Morgan fingerprint density at radius 3 is 1.64 bits per heavy atom. The number of carbonyl (C=O) groups is 3. The summed E-state index contributed by atoms with van der Waals surface area (Å²) in [6.07, 6.45) is 10.8. The number of ether oxygens (including phenoxy) is 5. The van der Waals surface area contributed by atoms with Gasteiger partial charge in [0.15, 0.2) is 0 Å². The van der Waals surface area contributed by atoms with Crippen molar-refractivity contribution in [3.8, 4) is 0 Å². The summed E-state index contributed by atoms with van der Waals surface area (Å²) in [5, 5.41) is 0. The van der Waals surface area contributed by atoms with Crippen LogP contribution < -0.4 is 5.73 Å². The van der Waals surface area contributed by atoms with Crippen LogP contribution in [0.4, 0.5) is 9.59 Å². The van der Waals surface area contributed by atoms with Crippen LogP contribution in [0.15, 0.2) is 4.76 Å². The number of rotatable bonds is 19. The van der Waals surface area contributed by atoms with Gasteiger partial charge in [0, 0.05) is 7.05 Å². The molecule has 14 nitrogen and oxygen atoms in total. The van der Waals surface area contributed by atoms with Crippen LogP contribution in [0, 0.1) is 0 Å². The molecule has 15 heteroatoms. The minimum absolute atomic E-state index is 0.00648. The van der Waals surface area contributed by atoms with E-state index in [2.05, 4.69) is 4.76 Å². The highest BCUT2D eigenvalue weighted by Gasteiger charge is 2.26. The lowest BCUT2D eigenvalue weighted by Gasteiger charge is -2.21. The molecule has 0 unspecified atom stereocenters. The van der Waals surface area contributed by atoms with Gasteiger partial charge in [0.1, 0.15) is 18.8 Å². The van der Waals surface area contributed by atoms with Crippen molar-refractivity contribution in [2.24, 2.45) is 10.5 Å². The fourth-order valence-corrected chi connectivity index (χ4v) is 5.93. The molecule has 0 aromatic rings. The molecule has 0 radical (unpaired) electrons.